The lowest BCUT2D eigenvalue weighted by molar-refractivity contribution is 0.0994. The van der Waals surface area contributed by atoms with E-state index in [1.54, 1.807) is 18.2 Å². The summed E-state index contributed by atoms with van der Waals surface area (Å²) in [6.45, 7) is 8.12. The first-order valence-electron chi connectivity index (χ1n) is 10.0. The van der Waals surface area contributed by atoms with Crippen LogP contribution in [0.1, 0.15) is 34.0 Å². The Morgan fingerprint density at radius 3 is 2.58 bits per heavy atom. The van der Waals surface area contributed by atoms with Gasteiger partial charge in [-0.15, -0.1) is 10.2 Å². The Morgan fingerprint density at radius 1 is 1.00 bits per heavy atom. The Hall–Kier alpha value is -3.39. The molecule has 5 rings (SSSR count). The highest BCUT2D eigenvalue weighted by Crippen LogP contribution is 2.31. The number of H-pyrrole nitrogens is 2. The number of aromatic nitrogens is 5. The third kappa shape index (κ3) is 3.23. The molecule has 2 aromatic carbocycles. The van der Waals surface area contributed by atoms with Gasteiger partial charge in [0.25, 0.3) is 0 Å². The molecule has 0 aliphatic heterocycles. The van der Waals surface area contributed by atoms with E-state index in [1.807, 2.05) is 17.4 Å². The van der Waals surface area contributed by atoms with Gasteiger partial charge in [0.1, 0.15) is 0 Å². The molecular weight excluding hydrogens is 410 g/mol. The van der Waals surface area contributed by atoms with Crippen LogP contribution in [-0.4, -0.2) is 35.6 Å². The van der Waals surface area contributed by atoms with Crippen molar-refractivity contribution >= 4 is 45.1 Å². The number of nitrogens with zero attached hydrogens (tertiary/aromatic N) is 3. The normalized spacial score (nSPS) is 12.8. The number of fused-ring (bicyclic) bond motifs is 4. The number of imidazole rings is 1. The number of ketones is 1. The summed E-state index contributed by atoms with van der Waals surface area (Å²) in [5.74, 6) is -0.0327. The molecule has 3 heterocycles. The summed E-state index contributed by atoms with van der Waals surface area (Å²) < 4.78 is 2.04. The number of hydrogen-bond acceptors (Lipinski definition) is 5. The van der Waals surface area contributed by atoms with Crippen molar-refractivity contribution in [3.63, 3.8) is 0 Å². The highest BCUT2D eigenvalue weighted by Gasteiger charge is 2.21. The Bertz CT molecular complexity index is 1560. The first-order valence-corrected chi connectivity index (χ1v) is 10.9. The second-order valence-corrected chi connectivity index (χ2v) is 9.25. The first kappa shape index (κ1) is 19.6. The zero-order chi connectivity index (χ0) is 21.9. The van der Waals surface area contributed by atoms with Gasteiger partial charge in [-0.2, -0.15) is 0 Å². The lowest BCUT2D eigenvalue weighted by atomic mass is 10.0. The molecule has 7 nitrogen and oxygen atoms in total. The van der Waals surface area contributed by atoms with Gasteiger partial charge in [-0.1, -0.05) is 23.4 Å². The number of thioether (sulfide) groups is 1. The van der Waals surface area contributed by atoms with Crippen LogP contribution in [0.3, 0.4) is 0 Å². The van der Waals surface area contributed by atoms with E-state index in [1.165, 1.54) is 17.3 Å². The van der Waals surface area contributed by atoms with E-state index in [0.717, 1.165) is 27.7 Å². The zero-order valence-electron chi connectivity index (χ0n) is 17.6. The van der Waals surface area contributed by atoms with Crippen LogP contribution in [0.15, 0.2) is 46.3 Å². The summed E-state index contributed by atoms with van der Waals surface area (Å²) in [6.07, 6.45) is 0. The SMILES string of the molecule is Cc1cc(C)c2c(c1)c(C)cc1nnc(SC(C)C(=O)c3ccc4[nH]c(=O)[nH]c4c3)n12. The van der Waals surface area contributed by atoms with Crippen molar-refractivity contribution < 1.29 is 4.79 Å². The van der Waals surface area contributed by atoms with Gasteiger partial charge < -0.3 is 9.97 Å². The summed E-state index contributed by atoms with van der Waals surface area (Å²) in [7, 11) is 0. The molecule has 0 saturated carbocycles. The fourth-order valence-corrected chi connectivity index (χ4v) is 5.06. The molecular formula is C23H21N5O2S. The number of rotatable bonds is 4. The van der Waals surface area contributed by atoms with Crippen LogP contribution in [0.4, 0.5) is 0 Å². The topological polar surface area (TPSA) is 95.9 Å². The number of aryl methyl sites for hydroxylation is 3. The van der Waals surface area contributed by atoms with Gasteiger partial charge in [0.05, 0.1) is 21.8 Å². The van der Waals surface area contributed by atoms with Crippen molar-refractivity contribution in [3.8, 4) is 0 Å². The van der Waals surface area contributed by atoms with Gasteiger partial charge in [-0.3, -0.25) is 9.20 Å². The number of aromatic amines is 2. The second-order valence-electron chi connectivity index (χ2n) is 7.95. The van der Waals surface area contributed by atoms with Crippen LogP contribution in [0.2, 0.25) is 0 Å². The van der Waals surface area contributed by atoms with Crippen LogP contribution in [0.25, 0.3) is 27.6 Å². The van der Waals surface area contributed by atoms with E-state index >= 15 is 0 Å². The van der Waals surface area contributed by atoms with Crippen LogP contribution < -0.4 is 5.69 Å². The maximum atomic E-state index is 13.1. The molecule has 1 atom stereocenters. The minimum Gasteiger partial charge on any atom is -0.306 e. The van der Waals surface area contributed by atoms with Crippen molar-refractivity contribution in [2.45, 2.75) is 38.1 Å². The molecule has 8 heteroatoms. The fourth-order valence-electron chi connectivity index (χ4n) is 4.12. The molecule has 1 unspecified atom stereocenters. The standard InChI is InChI=1S/C23H21N5O2S/c1-11-7-13(3)20-16(8-11)12(2)9-19-26-27-23(28(19)20)31-14(4)21(29)15-5-6-17-18(10-15)25-22(30)24-17/h5-10,14H,1-4H3,(H2,24,25,30). The summed E-state index contributed by atoms with van der Waals surface area (Å²) in [5, 5.41) is 10.2. The van der Waals surface area contributed by atoms with E-state index < -0.39 is 0 Å². The van der Waals surface area contributed by atoms with E-state index in [-0.39, 0.29) is 16.7 Å². The third-order valence-corrected chi connectivity index (χ3v) is 6.59. The van der Waals surface area contributed by atoms with Crippen molar-refractivity contribution in [2.24, 2.45) is 0 Å². The maximum Gasteiger partial charge on any atom is 0.323 e. The van der Waals surface area contributed by atoms with Crippen molar-refractivity contribution in [2.75, 3.05) is 0 Å². The van der Waals surface area contributed by atoms with Crippen LogP contribution in [-0.2, 0) is 0 Å². The van der Waals surface area contributed by atoms with Gasteiger partial charge in [0.15, 0.2) is 16.6 Å². The lowest BCUT2D eigenvalue weighted by Crippen LogP contribution is -2.14. The van der Waals surface area contributed by atoms with E-state index in [2.05, 4.69) is 53.1 Å². The van der Waals surface area contributed by atoms with Gasteiger partial charge in [-0.05, 0) is 69.2 Å². The number of carbonyl (C=O) groups excluding carboxylic acids is 1. The molecule has 5 aromatic rings. The summed E-state index contributed by atoms with van der Waals surface area (Å²) in [4.78, 5) is 30.0. The summed E-state index contributed by atoms with van der Waals surface area (Å²) in [6, 6.07) is 11.5. The van der Waals surface area contributed by atoms with Crippen LogP contribution in [0, 0.1) is 20.8 Å². The zero-order valence-corrected chi connectivity index (χ0v) is 18.4. The molecule has 0 aliphatic carbocycles. The molecule has 0 fully saturated rings. The second kappa shape index (κ2) is 7.09. The van der Waals surface area contributed by atoms with Gasteiger partial charge in [-0.25, -0.2) is 4.79 Å². The monoisotopic (exact) mass is 431 g/mol. The molecule has 0 bridgehead atoms. The fraction of sp³-hybridized carbons (Fsp3) is 0.217. The predicted molar refractivity (Wildman–Crippen MR) is 123 cm³/mol. The highest BCUT2D eigenvalue weighted by molar-refractivity contribution is 8.00. The minimum absolute atomic E-state index is 0.0327. The number of pyridine rings is 1. The minimum atomic E-state index is -0.377. The molecule has 0 spiro atoms. The van der Waals surface area contributed by atoms with E-state index in [9.17, 15) is 9.59 Å². The third-order valence-electron chi connectivity index (χ3n) is 5.55. The Morgan fingerprint density at radius 2 is 1.77 bits per heavy atom. The molecule has 0 radical (unpaired) electrons. The molecule has 3 aromatic heterocycles. The quantitative estimate of drug-likeness (QED) is 0.326. The van der Waals surface area contributed by atoms with Gasteiger partial charge in [0, 0.05) is 10.9 Å². The Kier molecular flexibility index (Phi) is 4.48. The van der Waals surface area contributed by atoms with Gasteiger partial charge >= 0.3 is 5.69 Å². The summed E-state index contributed by atoms with van der Waals surface area (Å²) >= 11 is 1.39. The van der Waals surface area contributed by atoms with E-state index in [4.69, 9.17) is 0 Å². The highest BCUT2D eigenvalue weighted by atomic mass is 32.2. The Labute approximate surface area is 181 Å². The first-order chi connectivity index (χ1) is 14.8. The molecule has 0 saturated heterocycles. The van der Waals surface area contributed by atoms with E-state index in [0.29, 0.717) is 21.8 Å². The number of hydrogen-bond donors (Lipinski definition) is 2. The van der Waals surface area contributed by atoms with Crippen molar-refractivity contribution in [3.05, 3.63) is 69.1 Å². The molecule has 156 valence electrons. The van der Waals surface area contributed by atoms with Crippen molar-refractivity contribution in [1.29, 1.82) is 0 Å². The molecule has 0 aliphatic rings. The summed E-state index contributed by atoms with van der Waals surface area (Å²) in [5.41, 5.74) is 6.89. The molecule has 2 N–H and O–H groups in total. The van der Waals surface area contributed by atoms with Crippen molar-refractivity contribution in [1.82, 2.24) is 24.6 Å². The average Bonchev–Trinajstić information content (AvgIpc) is 3.28. The van der Waals surface area contributed by atoms with Gasteiger partial charge in [0.2, 0.25) is 0 Å². The largest absolute Gasteiger partial charge is 0.323 e. The Balaban J connectivity index is 1.55. The predicted octanol–water partition coefficient (Wildman–Crippen LogP) is 4.34. The van der Waals surface area contributed by atoms with Crippen LogP contribution >= 0.6 is 11.8 Å². The maximum absolute atomic E-state index is 13.1. The smallest absolute Gasteiger partial charge is 0.306 e. The molecule has 31 heavy (non-hydrogen) atoms. The number of Topliss-reactive ketones (excluding diaryl/α,β-unsaturated/α-hetero) is 1. The lowest BCUT2D eigenvalue weighted by Gasteiger charge is -2.13. The average molecular weight is 432 g/mol. The molecule has 0 amide bonds. The number of carbonyl (C=O) groups is 1. The number of nitrogens with one attached hydrogen (secondary N) is 2. The number of benzene rings is 2. The van der Waals surface area contributed by atoms with Crippen LogP contribution in [0.5, 0.6) is 0 Å².